The number of nitrogens with zero attached hydrogens (tertiary/aromatic N) is 2. The Morgan fingerprint density at radius 3 is 2.48 bits per heavy atom. The van der Waals surface area contributed by atoms with Crippen LogP contribution in [0, 0.1) is 16.0 Å². The molecule has 2 rings (SSSR count). The molecular weight excluding hydrogens is 326 g/mol. The van der Waals surface area contributed by atoms with Crippen LogP contribution in [0.1, 0.15) is 26.2 Å². The van der Waals surface area contributed by atoms with Gasteiger partial charge in [0.2, 0.25) is 5.91 Å². The Morgan fingerprint density at radius 2 is 1.92 bits per heavy atom. The van der Waals surface area contributed by atoms with E-state index in [1.54, 1.807) is 4.90 Å². The number of likely N-dealkylation sites (tertiary alicyclic amines) is 1. The number of rotatable bonds is 7. The summed E-state index contributed by atoms with van der Waals surface area (Å²) in [6, 6.07) is 5.60. The highest BCUT2D eigenvalue weighted by atomic mass is 16.6. The molecule has 1 fully saturated rings. The molecule has 1 aromatic carbocycles. The number of carbonyl (C=O) groups is 2. The van der Waals surface area contributed by atoms with Crippen LogP contribution in [0.25, 0.3) is 0 Å². The summed E-state index contributed by atoms with van der Waals surface area (Å²) in [4.78, 5) is 35.9. The molecule has 1 aromatic rings. The van der Waals surface area contributed by atoms with Crippen LogP contribution >= 0.6 is 0 Å². The molecule has 1 aliphatic heterocycles. The first-order chi connectivity index (χ1) is 12.0. The minimum absolute atomic E-state index is 0.0258. The summed E-state index contributed by atoms with van der Waals surface area (Å²) in [5, 5.41) is 13.5. The molecular formula is C17H23N3O5. The number of carbonyl (C=O) groups excluding carboxylic acids is 2. The molecule has 0 saturated carbocycles. The summed E-state index contributed by atoms with van der Waals surface area (Å²) < 4.78 is 5.39. The maximum Gasteiger partial charge on any atom is 0.269 e. The van der Waals surface area contributed by atoms with Crippen LogP contribution in [-0.4, -0.2) is 47.9 Å². The van der Waals surface area contributed by atoms with E-state index in [2.05, 4.69) is 5.32 Å². The second-order valence-electron chi connectivity index (χ2n) is 5.99. The SMILES string of the molecule is CCCNC(=O)C1CCN(C(=O)COc2ccc([N+](=O)[O-])cc2)CC1. The topological polar surface area (TPSA) is 102 Å². The maximum absolute atomic E-state index is 12.2. The van der Waals surface area contributed by atoms with Gasteiger partial charge in [-0.2, -0.15) is 0 Å². The maximum atomic E-state index is 12.2. The van der Waals surface area contributed by atoms with Crippen LogP contribution in [-0.2, 0) is 9.59 Å². The fourth-order valence-electron chi connectivity index (χ4n) is 2.68. The lowest BCUT2D eigenvalue weighted by molar-refractivity contribution is -0.384. The van der Waals surface area contributed by atoms with Gasteiger partial charge in [-0.3, -0.25) is 19.7 Å². The van der Waals surface area contributed by atoms with Crippen LogP contribution in [0.15, 0.2) is 24.3 Å². The number of ether oxygens (including phenoxy) is 1. The molecule has 0 radical (unpaired) electrons. The first kappa shape index (κ1) is 18.7. The summed E-state index contributed by atoms with van der Waals surface area (Å²) in [7, 11) is 0. The van der Waals surface area contributed by atoms with Gasteiger partial charge in [-0.05, 0) is 31.4 Å². The molecule has 0 bridgehead atoms. The van der Waals surface area contributed by atoms with Crippen LogP contribution in [0.2, 0.25) is 0 Å². The van der Waals surface area contributed by atoms with Crippen molar-refractivity contribution >= 4 is 17.5 Å². The molecule has 8 heteroatoms. The number of hydrogen-bond donors (Lipinski definition) is 1. The van der Waals surface area contributed by atoms with Crippen LogP contribution in [0.4, 0.5) is 5.69 Å². The van der Waals surface area contributed by atoms with Crippen molar-refractivity contribution in [2.45, 2.75) is 26.2 Å². The number of nitro benzene ring substituents is 1. The third-order valence-corrected chi connectivity index (χ3v) is 4.18. The second kappa shape index (κ2) is 9.00. The van der Waals surface area contributed by atoms with Crippen molar-refractivity contribution in [2.24, 2.45) is 5.92 Å². The highest BCUT2D eigenvalue weighted by molar-refractivity contribution is 5.80. The highest BCUT2D eigenvalue weighted by Gasteiger charge is 2.27. The van der Waals surface area contributed by atoms with Gasteiger partial charge < -0.3 is 15.0 Å². The molecule has 25 heavy (non-hydrogen) atoms. The molecule has 1 N–H and O–H groups in total. The molecule has 0 atom stereocenters. The standard InChI is InChI=1S/C17H23N3O5/c1-2-9-18-17(22)13-7-10-19(11-8-13)16(21)12-25-15-5-3-14(4-6-15)20(23)24/h3-6,13H,2,7-12H2,1H3,(H,18,22). The van der Waals surface area contributed by atoms with Crippen molar-refractivity contribution in [1.29, 1.82) is 0 Å². The Bertz CT molecular complexity index is 609. The van der Waals surface area contributed by atoms with Crippen molar-refractivity contribution in [3.63, 3.8) is 0 Å². The predicted octanol–water partition coefficient (Wildman–Crippen LogP) is 1.74. The van der Waals surface area contributed by atoms with Gasteiger partial charge in [-0.15, -0.1) is 0 Å². The van der Waals surface area contributed by atoms with Crippen molar-refractivity contribution in [3.05, 3.63) is 34.4 Å². The molecule has 0 aliphatic carbocycles. The molecule has 0 spiro atoms. The second-order valence-corrected chi connectivity index (χ2v) is 5.99. The Hall–Kier alpha value is -2.64. The molecule has 2 amide bonds. The predicted molar refractivity (Wildman–Crippen MR) is 91.2 cm³/mol. The Morgan fingerprint density at radius 1 is 1.28 bits per heavy atom. The largest absolute Gasteiger partial charge is 0.484 e. The van der Waals surface area contributed by atoms with E-state index in [4.69, 9.17) is 4.74 Å². The van der Waals surface area contributed by atoms with Crippen LogP contribution in [0.3, 0.4) is 0 Å². The summed E-state index contributed by atoms with van der Waals surface area (Å²) in [6.45, 7) is 3.64. The number of non-ortho nitro benzene ring substituents is 1. The zero-order valence-electron chi connectivity index (χ0n) is 14.3. The third kappa shape index (κ3) is 5.44. The van der Waals surface area contributed by atoms with Gasteiger partial charge in [0.1, 0.15) is 5.75 Å². The fraction of sp³-hybridized carbons (Fsp3) is 0.529. The van der Waals surface area contributed by atoms with Gasteiger partial charge in [0, 0.05) is 37.7 Å². The molecule has 0 unspecified atom stereocenters. The summed E-state index contributed by atoms with van der Waals surface area (Å²) >= 11 is 0. The van der Waals surface area contributed by atoms with Crippen LogP contribution in [0.5, 0.6) is 5.75 Å². The highest BCUT2D eigenvalue weighted by Crippen LogP contribution is 2.19. The zero-order chi connectivity index (χ0) is 18.2. The van der Waals surface area contributed by atoms with E-state index in [0.717, 1.165) is 6.42 Å². The van der Waals surface area contributed by atoms with Gasteiger partial charge in [0.15, 0.2) is 6.61 Å². The molecule has 8 nitrogen and oxygen atoms in total. The van der Waals surface area contributed by atoms with Gasteiger partial charge in [0.25, 0.3) is 11.6 Å². The number of piperidine rings is 1. The average Bonchev–Trinajstić information content (AvgIpc) is 2.64. The van der Waals surface area contributed by atoms with Gasteiger partial charge in [-0.1, -0.05) is 6.92 Å². The zero-order valence-corrected chi connectivity index (χ0v) is 14.3. The van der Waals surface area contributed by atoms with E-state index in [1.165, 1.54) is 24.3 Å². The number of nitro groups is 1. The summed E-state index contributed by atoms with van der Waals surface area (Å²) in [5.41, 5.74) is -0.0258. The lowest BCUT2D eigenvalue weighted by atomic mass is 9.96. The lowest BCUT2D eigenvalue weighted by Gasteiger charge is -2.31. The number of amides is 2. The number of benzene rings is 1. The number of hydrogen-bond acceptors (Lipinski definition) is 5. The molecule has 1 heterocycles. The van der Waals surface area contributed by atoms with Crippen molar-refractivity contribution in [3.8, 4) is 5.75 Å². The van der Waals surface area contributed by atoms with E-state index < -0.39 is 4.92 Å². The Labute approximate surface area is 146 Å². The van der Waals surface area contributed by atoms with E-state index in [1.807, 2.05) is 6.92 Å². The molecule has 136 valence electrons. The van der Waals surface area contributed by atoms with E-state index in [-0.39, 0.29) is 30.0 Å². The van der Waals surface area contributed by atoms with E-state index in [9.17, 15) is 19.7 Å². The smallest absolute Gasteiger partial charge is 0.269 e. The lowest BCUT2D eigenvalue weighted by Crippen LogP contribution is -2.44. The first-order valence-corrected chi connectivity index (χ1v) is 8.44. The van der Waals surface area contributed by atoms with Crippen LogP contribution < -0.4 is 10.1 Å². The molecule has 0 aromatic heterocycles. The van der Waals surface area contributed by atoms with Gasteiger partial charge in [0.05, 0.1) is 4.92 Å². The summed E-state index contributed by atoms with van der Waals surface area (Å²) in [6.07, 6.45) is 2.21. The van der Waals surface area contributed by atoms with Gasteiger partial charge in [-0.25, -0.2) is 0 Å². The van der Waals surface area contributed by atoms with E-state index in [0.29, 0.717) is 38.2 Å². The average molecular weight is 349 g/mol. The quantitative estimate of drug-likeness (QED) is 0.597. The fourth-order valence-corrected chi connectivity index (χ4v) is 2.68. The minimum Gasteiger partial charge on any atom is -0.484 e. The Kier molecular flexibility index (Phi) is 6.73. The van der Waals surface area contributed by atoms with Crippen molar-refractivity contribution < 1.29 is 19.2 Å². The summed E-state index contributed by atoms with van der Waals surface area (Å²) in [5.74, 6) is 0.292. The van der Waals surface area contributed by atoms with Crippen molar-refractivity contribution in [2.75, 3.05) is 26.2 Å². The van der Waals surface area contributed by atoms with Crippen molar-refractivity contribution in [1.82, 2.24) is 10.2 Å². The third-order valence-electron chi connectivity index (χ3n) is 4.18. The first-order valence-electron chi connectivity index (χ1n) is 8.44. The Balaban J connectivity index is 1.75. The van der Waals surface area contributed by atoms with Gasteiger partial charge >= 0.3 is 0 Å². The normalized spacial score (nSPS) is 14.8. The van der Waals surface area contributed by atoms with E-state index >= 15 is 0 Å². The number of nitrogens with one attached hydrogen (secondary N) is 1. The monoisotopic (exact) mass is 349 g/mol. The minimum atomic E-state index is -0.490. The molecule has 1 aliphatic rings. The molecule has 1 saturated heterocycles.